The number of carbonyl (C=O) groups is 1. The van der Waals surface area contributed by atoms with Crippen molar-refractivity contribution in [3.8, 4) is 11.3 Å². The molecule has 0 saturated carbocycles. The number of halogens is 1. The highest BCUT2D eigenvalue weighted by molar-refractivity contribution is 5.91. The van der Waals surface area contributed by atoms with E-state index in [-0.39, 0.29) is 36.1 Å². The Morgan fingerprint density at radius 1 is 1.18 bits per heavy atom. The third kappa shape index (κ3) is 5.20. The van der Waals surface area contributed by atoms with Crippen LogP contribution in [0.1, 0.15) is 31.4 Å². The van der Waals surface area contributed by atoms with Crippen LogP contribution in [0.25, 0.3) is 11.3 Å². The van der Waals surface area contributed by atoms with Gasteiger partial charge in [0, 0.05) is 18.0 Å². The van der Waals surface area contributed by atoms with Crippen LogP contribution >= 0.6 is 0 Å². The Morgan fingerprint density at radius 3 is 2.48 bits per heavy atom. The van der Waals surface area contributed by atoms with Gasteiger partial charge in [0.25, 0.3) is 5.56 Å². The van der Waals surface area contributed by atoms with Crippen LogP contribution in [0.2, 0.25) is 0 Å². The first-order valence-corrected chi connectivity index (χ1v) is 11.3. The lowest BCUT2D eigenvalue weighted by Gasteiger charge is -2.17. The number of ether oxygens (including phenoxy) is 1. The molecule has 1 aromatic heterocycles. The van der Waals surface area contributed by atoms with Crippen LogP contribution in [0, 0.1) is 11.7 Å². The summed E-state index contributed by atoms with van der Waals surface area (Å²) in [5.41, 5.74) is 3.39. The quantitative estimate of drug-likeness (QED) is 0.559. The van der Waals surface area contributed by atoms with E-state index in [0.717, 1.165) is 12.8 Å². The first kappa shape index (κ1) is 22.9. The van der Waals surface area contributed by atoms with E-state index in [1.165, 1.54) is 34.0 Å². The molecule has 7 heteroatoms. The summed E-state index contributed by atoms with van der Waals surface area (Å²) in [5, 5.41) is 2.65. The number of nitrogens with zero attached hydrogens (tertiary/aromatic N) is 2. The molecular weight excluding hydrogens is 421 g/mol. The second-order valence-electron chi connectivity index (χ2n) is 8.42. The molecule has 0 unspecified atom stereocenters. The summed E-state index contributed by atoms with van der Waals surface area (Å²) >= 11 is 0. The highest BCUT2D eigenvalue weighted by Crippen LogP contribution is 2.24. The minimum Gasteiger partial charge on any atom is -0.376 e. The molecule has 0 radical (unpaired) electrons. The van der Waals surface area contributed by atoms with E-state index in [9.17, 15) is 14.0 Å². The fraction of sp³-hybridized carbons (Fsp3) is 0.346. The largest absolute Gasteiger partial charge is 0.376 e. The van der Waals surface area contributed by atoms with E-state index in [2.05, 4.69) is 22.4 Å². The van der Waals surface area contributed by atoms with Crippen LogP contribution in [0.3, 0.4) is 0 Å². The molecule has 3 aromatic rings. The standard InChI is InChI=1S/C26H28FN3O3/c1-3-17(2)25(31)29-24-26(32)30(23(16-28-24)18-8-10-21(27)11-9-18)12-13-33-22-14-19-6-4-5-7-20(19)15-22/h4-11,16-17,22H,3,12-15H2,1-2H3,(H,28,29,31)/t17-/m1/s1. The molecule has 2 aromatic carbocycles. The summed E-state index contributed by atoms with van der Waals surface area (Å²) in [6, 6.07) is 14.2. The molecule has 1 atom stereocenters. The third-order valence-corrected chi connectivity index (χ3v) is 6.18. The van der Waals surface area contributed by atoms with Crippen LogP contribution in [0.4, 0.5) is 10.2 Å². The van der Waals surface area contributed by atoms with Crippen molar-refractivity contribution < 1.29 is 13.9 Å². The van der Waals surface area contributed by atoms with Gasteiger partial charge in [-0.2, -0.15) is 0 Å². The van der Waals surface area contributed by atoms with Gasteiger partial charge >= 0.3 is 0 Å². The predicted octanol–water partition coefficient (Wildman–Crippen LogP) is 4.22. The normalized spacial score (nSPS) is 14.2. The minimum absolute atomic E-state index is 0.0144. The maximum atomic E-state index is 13.4. The zero-order valence-corrected chi connectivity index (χ0v) is 18.9. The Bertz CT molecular complexity index is 1170. The molecule has 1 aliphatic rings. The van der Waals surface area contributed by atoms with Crippen LogP contribution < -0.4 is 10.9 Å². The molecule has 1 amide bonds. The van der Waals surface area contributed by atoms with Gasteiger partial charge in [-0.3, -0.25) is 9.59 Å². The number of hydrogen-bond acceptors (Lipinski definition) is 4. The number of hydrogen-bond donors (Lipinski definition) is 1. The molecule has 0 spiro atoms. The molecular formula is C26H28FN3O3. The SMILES string of the molecule is CC[C@@H](C)C(=O)Nc1ncc(-c2ccc(F)cc2)n(CCOC2Cc3ccccc3C2)c1=O. The smallest absolute Gasteiger partial charge is 0.294 e. The van der Waals surface area contributed by atoms with E-state index in [4.69, 9.17) is 4.74 Å². The lowest BCUT2D eigenvalue weighted by Crippen LogP contribution is -2.31. The van der Waals surface area contributed by atoms with Gasteiger partial charge in [-0.05, 0) is 54.7 Å². The number of aromatic nitrogens is 2. The zero-order valence-electron chi connectivity index (χ0n) is 18.9. The number of amides is 1. The zero-order chi connectivity index (χ0) is 23.4. The van der Waals surface area contributed by atoms with Gasteiger partial charge in [0.2, 0.25) is 5.91 Å². The van der Waals surface area contributed by atoms with Crippen LogP contribution in [-0.4, -0.2) is 28.2 Å². The van der Waals surface area contributed by atoms with Crippen molar-refractivity contribution in [1.82, 2.24) is 9.55 Å². The summed E-state index contributed by atoms with van der Waals surface area (Å²) in [4.78, 5) is 29.8. The fourth-order valence-electron chi connectivity index (χ4n) is 4.02. The molecule has 0 aliphatic heterocycles. The summed E-state index contributed by atoms with van der Waals surface area (Å²) in [6.07, 6.45) is 3.96. The fourth-order valence-corrected chi connectivity index (χ4v) is 4.02. The van der Waals surface area contributed by atoms with E-state index in [1.54, 1.807) is 19.1 Å². The van der Waals surface area contributed by atoms with Crippen LogP contribution in [0.15, 0.2) is 59.5 Å². The van der Waals surface area contributed by atoms with Gasteiger partial charge in [-0.25, -0.2) is 9.37 Å². The third-order valence-electron chi connectivity index (χ3n) is 6.18. The second-order valence-corrected chi connectivity index (χ2v) is 8.42. The number of benzene rings is 2. The molecule has 172 valence electrons. The monoisotopic (exact) mass is 449 g/mol. The topological polar surface area (TPSA) is 73.2 Å². The highest BCUT2D eigenvalue weighted by atomic mass is 19.1. The Hall–Kier alpha value is -3.32. The number of rotatable bonds is 8. The second kappa shape index (κ2) is 10.1. The maximum Gasteiger partial charge on any atom is 0.294 e. The Morgan fingerprint density at radius 2 is 1.85 bits per heavy atom. The predicted molar refractivity (Wildman–Crippen MR) is 126 cm³/mol. The molecule has 0 bridgehead atoms. The lowest BCUT2D eigenvalue weighted by molar-refractivity contribution is -0.119. The van der Waals surface area contributed by atoms with E-state index in [1.807, 2.05) is 19.1 Å². The molecule has 33 heavy (non-hydrogen) atoms. The summed E-state index contributed by atoms with van der Waals surface area (Å²) < 4.78 is 21.1. The molecule has 1 N–H and O–H groups in total. The average Bonchev–Trinajstić information content (AvgIpc) is 3.24. The van der Waals surface area contributed by atoms with Crippen molar-refractivity contribution in [2.75, 3.05) is 11.9 Å². The van der Waals surface area contributed by atoms with E-state index >= 15 is 0 Å². The number of nitrogens with one attached hydrogen (secondary N) is 1. The highest BCUT2D eigenvalue weighted by Gasteiger charge is 2.22. The van der Waals surface area contributed by atoms with Crippen molar-refractivity contribution in [2.45, 2.75) is 45.8 Å². The Labute approximate surface area is 192 Å². The molecule has 6 nitrogen and oxygen atoms in total. The van der Waals surface area contributed by atoms with Crippen molar-refractivity contribution in [3.63, 3.8) is 0 Å². The van der Waals surface area contributed by atoms with Gasteiger partial charge in [0.15, 0.2) is 5.82 Å². The summed E-state index contributed by atoms with van der Waals surface area (Å²) in [7, 11) is 0. The number of fused-ring (bicyclic) bond motifs is 1. The molecule has 1 heterocycles. The van der Waals surface area contributed by atoms with E-state index < -0.39 is 5.56 Å². The molecule has 1 aliphatic carbocycles. The van der Waals surface area contributed by atoms with Gasteiger partial charge in [0.05, 0.1) is 24.6 Å². The average molecular weight is 450 g/mol. The van der Waals surface area contributed by atoms with Crippen LogP contribution in [0.5, 0.6) is 0 Å². The van der Waals surface area contributed by atoms with Gasteiger partial charge < -0.3 is 14.6 Å². The maximum absolute atomic E-state index is 13.4. The van der Waals surface area contributed by atoms with Crippen molar-refractivity contribution in [1.29, 1.82) is 0 Å². The van der Waals surface area contributed by atoms with Crippen molar-refractivity contribution in [3.05, 3.63) is 82.0 Å². The summed E-state index contributed by atoms with van der Waals surface area (Å²) in [6.45, 7) is 4.32. The first-order chi connectivity index (χ1) is 16.0. The molecule has 4 rings (SSSR count). The molecule has 0 fully saturated rings. The number of anilines is 1. The van der Waals surface area contributed by atoms with Gasteiger partial charge in [-0.1, -0.05) is 38.1 Å². The molecule has 0 saturated heterocycles. The first-order valence-electron chi connectivity index (χ1n) is 11.3. The number of carbonyl (C=O) groups excluding carboxylic acids is 1. The lowest BCUT2D eigenvalue weighted by atomic mass is 10.1. The summed E-state index contributed by atoms with van der Waals surface area (Å²) in [5.74, 6) is -0.853. The van der Waals surface area contributed by atoms with Gasteiger partial charge in [-0.15, -0.1) is 0 Å². The Balaban J connectivity index is 1.55. The van der Waals surface area contributed by atoms with E-state index in [0.29, 0.717) is 24.3 Å². The van der Waals surface area contributed by atoms with Gasteiger partial charge in [0.1, 0.15) is 5.82 Å². The van der Waals surface area contributed by atoms with Crippen molar-refractivity contribution >= 4 is 11.7 Å². The minimum atomic E-state index is -0.410. The Kier molecular flexibility index (Phi) is 6.99. The van der Waals surface area contributed by atoms with Crippen LogP contribution in [-0.2, 0) is 28.9 Å². The van der Waals surface area contributed by atoms with Crippen molar-refractivity contribution in [2.24, 2.45) is 5.92 Å².